The first kappa shape index (κ1) is 39.1. The summed E-state index contributed by atoms with van der Waals surface area (Å²) in [5, 5.41) is 0. The summed E-state index contributed by atoms with van der Waals surface area (Å²) in [6.45, 7) is 12.9. The van der Waals surface area contributed by atoms with E-state index in [4.69, 9.17) is 49.7 Å². The summed E-state index contributed by atoms with van der Waals surface area (Å²) in [5.74, 6) is 0. The molecule has 0 bridgehead atoms. The van der Waals surface area contributed by atoms with Gasteiger partial charge in [-0.05, 0) is 25.7 Å². The van der Waals surface area contributed by atoms with Crippen molar-refractivity contribution in [3.05, 3.63) is 0 Å². The molecular formula is C18H36MoN2S6-6. The molecule has 27 heavy (non-hydrogen) atoms. The number of nitrogens with zero attached hydrogens (tertiary/aromatic N) is 2. The smallest absolute Gasteiger partial charge is 0.0162 e. The van der Waals surface area contributed by atoms with Crippen molar-refractivity contribution in [3.63, 3.8) is 0 Å². The normalized spacial score (nSPS) is 8.74. The van der Waals surface area contributed by atoms with Gasteiger partial charge in [-0.15, -0.1) is 0 Å². The van der Waals surface area contributed by atoms with E-state index in [1.54, 1.807) is 0 Å². The molecular weight excluding hydrogens is 533 g/mol. The molecule has 0 fully saturated rings. The van der Waals surface area contributed by atoms with E-state index < -0.39 is 0 Å². The van der Waals surface area contributed by atoms with E-state index in [0.29, 0.717) is 8.64 Å². The van der Waals surface area contributed by atoms with Crippen molar-refractivity contribution in [2.75, 3.05) is 26.2 Å². The third-order valence-electron chi connectivity index (χ3n) is 3.64. The zero-order chi connectivity index (χ0) is 18.8. The standard InChI is InChI=1S/2C9H19NS2.Mo.2S/c2*1-3-5-7-10(9(11)12)8-6-4-2;;;/h2*3-8H2,1-2H3,(H,11,12);;;/q;;;2*-2/p-2. The van der Waals surface area contributed by atoms with Gasteiger partial charge in [0.25, 0.3) is 0 Å². The van der Waals surface area contributed by atoms with Crippen molar-refractivity contribution in [2.45, 2.75) is 79.1 Å². The Balaban J connectivity index is -0.000000108. The van der Waals surface area contributed by atoms with E-state index in [-0.39, 0.29) is 48.1 Å². The SMILES string of the molecule is CCCCN(CCCC)C(=S)[S-].CCCCN(CCCC)C(=S)[S-].[Mo].[S-2].[S-2]. The van der Waals surface area contributed by atoms with Gasteiger partial charge in [0.05, 0.1) is 0 Å². The monoisotopic (exact) mass is 570 g/mol. The first-order chi connectivity index (χ1) is 11.4. The van der Waals surface area contributed by atoms with Crippen molar-refractivity contribution in [1.29, 1.82) is 0 Å². The fourth-order valence-electron chi connectivity index (χ4n) is 1.98. The molecule has 0 aliphatic heterocycles. The number of unbranched alkanes of at least 4 members (excludes halogenated alkanes) is 4. The Hall–Kier alpha value is 1.61. The fraction of sp³-hybridized carbons (Fsp3) is 0.889. The Morgan fingerprint density at radius 3 is 0.889 bits per heavy atom. The Bertz CT molecular complexity index is 276. The van der Waals surface area contributed by atoms with Crippen LogP contribution in [0.5, 0.6) is 0 Å². The van der Waals surface area contributed by atoms with Crippen LogP contribution in [0.2, 0.25) is 0 Å². The zero-order valence-corrected chi connectivity index (χ0v) is 24.1. The molecule has 0 amide bonds. The predicted molar refractivity (Wildman–Crippen MR) is 137 cm³/mol. The van der Waals surface area contributed by atoms with Crippen molar-refractivity contribution in [1.82, 2.24) is 9.80 Å². The van der Waals surface area contributed by atoms with Crippen molar-refractivity contribution in [3.8, 4) is 0 Å². The van der Waals surface area contributed by atoms with E-state index >= 15 is 0 Å². The average Bonchev–Trinajstić information content (AvgIpc) is 2.55. The van der Waals surface area contributed by atoms with E-state index in [1.807, 2.05) is 0 Å². The molecule has 0 atom stereocenters. The van der Waals surface area contributed by atoms with Gasteiger partial charge in [-0.2, -0.15) is 0 Å². The second kappa shape index (κ2) is 29.8. The summed E-state index contributed by atoms with van der Waals surface area (Å²) in [4.78, 5) is 4.27. The van der Waals surface area contributed by atoms with Crippen LogP contribution in [0.15, 0.2) is 0 Å². The van der Waals surface area contributed by atoms with E-state index in [1.165, 1.54) is 51.4 Å². The third-order valence-corrected chi connectivity index (χ3v) is 4.68. The summed E-state index contributed by atoms with van der Waals surface area (Å²) in [6, 6.07) is 0. The topological polar surface area (TPSA) is 6.48 Å². The molecule has 0 radical (unpaired) electrons. The van der Waals surface area contributed by atoms with Crippen LogP contribution >= 0.6 is 24.4 Å². The van der Waals surface area contributed by atoms with Crippen LogP contribution in [0.4, 0.5) is 0 Å². The van der Waals surface area contributed by atoms with Gasteiger partial charge in [-0.25, -0.2) is 0 Å². The maximum absolute atomic E-state index is 4.98. The molecule has 0 spiro atoms. The van der Waals surface area contributed by atoms with Gasteiger partial charge in [0.15, 0.2) is 0 Å². The van der Waals surface area contributed by atoms with Crippen LogP contribution in [-0.2, 0) is 73.3 Å². The first-order valence-electron chi connectivity index (χ1n) is 9.36. The van der Waals surface area contributed by atoms with Crippen LogP contribution in [0.25, 0.3) is 0 Å². The number of rotatable bonds is 12. The average molecular weight is 569 g/mol. The van der Waals surface area contributed by atoms with Crippen molar-refractivity contribution < 1.29 is 21.1 Å². The molecule has 0 saturated heterocycles. The molecule has 0 aromatic carbocycles. The van der Waals surface area contributed by atoms with Crippen LogP contribution < -0.4 is 0 Å². The van der Waals surface area contributed by atoms with Crippen molar-refractivity contribution in [2.24, 2.45) is 0 Å². The van der Waals surface area contributed by atoms with Crippen LogP contribution in [0, 0.1) is 0 Å². The molecule has 0 N–H and O–H groups in total. The summed E-state index contributed by atoms with van der Waals surface area (Å²) in [5.41, 5.74) is 0. The van der Waals surface area contributed by atoms with E-state index in [0.717, 1.165) is 26.2 Å². The number of hydrogen-bond donors (Lipinski definition) is 0. The molecule has 166 valence electrons. The Labute approximate surface area is 219 Å². The molecule has 0 unspecified atom stereocenters. The first-order valence-corrected chi connectivity index (χ1v) is 11.0. The van der Waals surface area contributed by atoms with Crippen molar-refractivity contribution >= 4 is 85.3 Å². The zero-order valence-electron chi connectivity index (χ0n) is 17.2. The van der Waals surface area contributed by atoms with Gasteiger partial charge in [-0.3, -0.25) is 0 Å². The summed E-state index contributed by atoms with van der Waals surface area (Å²) < 4.78 is 1.27. The maximum Gasteiger partial charge on any atom is 0.0162 e. The predicted octanol–water partition coefficient (Wildman–Crippen LogP) is 5.43. The van der Waals surface area contributed by atoms with Crippen LogP contribution in [0.3, 0.4) is 0 Å². The van der Waals surface area contributed by atoms with Gasteiger partial charge >= 0.3 is 0 Å². The number of thiocarbonyl (C=S) groups is 2. The fourth-order valence-corrected chi connectivity index (χ4v) is 2.71. The summed E-state index contributed by atoms with van der Waals surface area (Å²) in [7, 11) is 0. The molecule has 9 heteroatoms. The minimum absolute atomic E-state index is 0. The molecule has 2 nitrogen and oxygen atoms in total. The Kier molecular flexibility index (Phi) is 43.2. The van der Waals surface area contributed by atoms with Gasteiger partial charge in [0, 0.05) is 47.2 Å². The number of hydrogen-bond acceptors (Lipinski definition) is 4. The Morgan fingerprint density at radius 2 is 0.778 bits per heavy atom. The molecule has 0 saturated carbocycles. The molecule has 0 aromatic heterocycles. The quantitative estimate of drug-likeness (QED) is 0.175. The maximum atomic E-state index is 4.98. The van der Waals surface area contributed by atoms with Gasteiger partial charge < -0.3 is 86.5 Å². The molecule has 0 aliphatic rings. The summed E-state index contributed by atoms with van der Waals surface area (Å²) >= 11 is 19.9. The molecule has 0 aromatic rings. The van der Waals surface area contributed by atoms with Crippen LogP contribution in [-0.4, -0.2) is 44.6 Å². The summed E-state index contributed by atoms with van der Waals surface area (Å²) in [6.07, 6.45) is 9.62. The van der Waals surface area contributed by atoms with E-state index in [9.17, 15) is 0 Å². The molecule has 0 aliphatic carbocycles. The minimum Gasteiger partial charge on any atom is -2.00 e. The minimum atomic E-state index is 0. The van der Waals surface area contributed by atoms with E-state index in [2.05, 4.69) is 37.5 Å². The molecule has 0 heterocycles. The second-order valence-electron chi connectivity index (χ2n) is 5.92. The van der Waals surface area contributed by atoms with Gasteiger partial charge in [0.1, 0.15) is 0 Å². The second-order valence-corrected chi connectivity index (χ2v) is 7.98. The Morgan fingerprint density at radius 1 is 0.593 bits per heavy atom. The third kappa shape index (κ3) is 27.6. The largest absolute Gasteiger partial charge is 2.00 e. The van der Waals surface area contributed by atoms with Gasteiger partial charge in [0.2, 0.25) is 0 Å². The van der Waals surface area contributed by atoms with Gasteiger partial charge in [-0.1, -0.05) is 62.0 Å². The molecule has 0 rings (SSSR count). The van der Waals surface area contributed by atoms with Crippen LogP contribution in [0.1, 0.15) is 79.1 Å².